The molecule has 0 bridgehead atoms. The molecule has 5 amide bonds. The van der Waals surface area contributed by atoms with Gasteiger partial charge in [0.05, 0.1) is 90.0 Å². The molecule has 0 aliphatic carbocycles. The molecule has 0 unspecified atom stereocenters. The molecule has 0 saturated carbocycles. The number of aldehydes is 1. The smallest absolute Gasteiger partial charge is 0.870 e. The molecule has 7 aromatic rings. The van der Waals surface area contributed by atoms with Gasteiger partial charge in [0.25, 0.3) is 6.47 Å². The number of carboxylic acid groups (broad SMARTS) is 1. The van der Waals surface area contributed by atoms with Crippen molar-refractivity contribution in [1.29, 1.82) is 5.26 Å². The molecule has 0 saturated heterocycles. The normalized spacial score (nSPS) is 10.7. The van der Waals surface area contributed by atoms with E-state index >= 15 is 0 Å². The number of ketones is 1. The minimum Gasteiger partial charge on any atom is -0.870 e. The fourth-order valence-electron chi connectivity index (χ4n) is 10.4. The number of hydrogen-bond donors (Lipinski definition) is 4. The second kappa shape index (κ2) is 104. The SMILES string of the molecule is CC#N.CC(=O)OOC(C)=O.CCOC(=O)C=O.CCOC(=O)CN(CCc1ccc(Br)s1)C(=O)OCC.CCOC(=O)CNCCc1ccc(Br)s1.CCOC(=O)Cl.CCOC(=O)N(CCc1cccs1)CC(=O)O.CCOC(=O)N1CCc2cc(Br)sc2CC1.CCOC(=O)N1CCc2ccsc2CC1.CCOC(=O)N1CCc2sccc2C(=O)C1.NCCc1cccs1.O=CO[O-].[B-]OC(C)=O.[B]=NS.[Na+].[Na+].[Na+].[OH-]. The third-order valence-corrected chi connectivity index (χ3v) is 25.2. The van der Waals surface area contributed by atoms with Gasteiger partial charge < -0.3 is 102 Å². The monoisotopic (exact) mass is 2450 g/mol. The van der Waals surface area contributed by atoms with Gasteiger partial charge in [-0.15, -0.1) is 79.4 Å². The summed E-state index contributed by atoms with van der Waals surface area (Å²) in [6, 6.07) is 24.0. The van der Waals surface area contributed by atoms with Crippen LogP contribution in [0.5, 0.6) is 0 Å². The Labute approximate surface area is 989 Å². The first kappa shape index (κ1) is 155. The third kappa shape index (κ3) is 85.3. The number of Topliss-reactive ketones (excluding diaryl/α,β-unsaturated/α-hetero) is 1. The number of fused-ring (bicyclic) bond motifs is 3. The summed E-state index contributed by atoms with van der Waals surface area (Å²) in [6.07, 6.45) is 6.12. The number of thiophene rings is 7. The number of aliphatic carboxylic acids is 1. The second-order valence-electron chi connectivity index (χ2n) is 26.4. The van der Waals surface area contributed by atoms with Gasteiger partial charge >= 0.3 is 185 Å². The summed E-state index contributed by atoms with van der Waals surface area (Å²) < 4.78 is 52.4. The molecule has 41 nitrogen and oxygen atoms in total. The van der Waals surface area contributed by atoms with Crippen molar-refractivity contribution in [2.24, 2.45) is 10.0 Å². The molecular weight excluding hydrogens is 2330 g/mol. The van der Waals surface area contributed by atoms with E-state index in [0.717, 1.165) is 126 Å². The van der Waals surface area contributed by atoms with Crippen molar-refractivity contribution in [3.8, 4) is 6.07 Å². The minimum atomic E-state index is -1.04. The number of ether oxygens (including phenoxy) is 9. The van der Waals surface area contributed by atoms with E-state index in [2.05, 4.69) is 156 Å². The first-order valence-electron chi connectivity index (χ1n) is 43.5. The summed E-state index contributed by atoms with van der Waals surface area (Å²) in [5.41, 5.74) is 8.11. The molecule has 802 valence electrons. The fourth-order valence-corrected chi connectivity index (χ4v) is 18.4. The van der Waals surface area contributed by atoms with E-state index in [1.807, 2.05) is 61.0 Å². The van der Waals surface area contributed by atoms with Crippen molar-refractivity contribution in [3.05, 3.63) is 150 Å². The standard InChI is InChI=1S/C13H18BrNO4S.C11H14BrNO2S.C11H15NO4S.C11H13NO3S.C11H15NO2S.C10H14BrNO2S.C6H9NS.C4H6O4.C4H6O3.C3H5ClO2.C2H3BO2.C2H3N.CH2O3.BHNS.3Na.H2O/c1-3-18-12(16)9-15(13(17)19-4-2)8-7-10-5-6-11(14)20-10;1-2-15-11(14)13-5-3-8-7-10(12)16-9(8)4-6-13;1-2-16-11(15)12(8-10(13)14)6-5-9-4-3-7-17-9;1-2-15-11(14)12-5-3-10-8(4-6-16-10)9(13)7-12;1-2-14-11(13)12-6-3-9-5-8-15-10(9)4-7-12;1-2-14-10(13)7-12-6-5-8-3-4-9(11)15-8;7-4-3-6-2-1-5-8-6;1-3(5)7-8-4(2)6;1-2-7-4(6)3-5;1-2-6-3(4)5;1-2(4)5-3;1-2-3;2-1-4-3;1-2-3;;;;/h5-6H,3-4,7-9H2,1-2H3;7H,2-6H2,1H3;3-4,7H,2,5-6,8H2,1H3,(H,13,14);4,6H,2-3,5,7H2,1H3;5,8H,2-4,6-7H2,1H3;3-4,12H,2,5-7H2,1H3;1-2,5H,3-4,7H2;1-2H3;3H,2H2,1H3;2H2,1H3;1H3;1H3;1,3H;3H;;;;1H2/q;;;;;;;;;;-1;;;;3*+1;/p-2. The van der Waals surface area contributed by atoms with Gasteiger partial charge in [0.2, 0.25) is 12.3 Å². The van der Waals surface area contributed by atoms with Crippen molar-refractivity contribution < 1.29 is 243 Å². The number of carboxylic acids is 1. The van der Waals surface area contributed by atoms with Crippen molar-refractivity contribution in [1.82, 2.24) is 29.8 Å². The van der Waals surface area contributed by atoms with Crippen LogP contribution in [0.15, 0.2) is 104 Å². The summed E-state index contributed by atoms with van der Waals surface area (Å²) in [7, 11) is 8.66. The third-order valence-electron chi connectivity index (χ3n) is 16.1. The van der Waals surface area contributed by atoms with Crippen LogP contribution < -0.4 is 105 Å². The van der Waals surface area contributed by atoms with Crippen LogP contribution in [0.1, 0.15) is 146 Å². The van der Waals surface area contributed by atoms with Gasteiger partial charge in [0, 0.05) is 138 Å². The molecule has 10 rings (SSSR count). The average molecular weight is 2450 g/mol. The summed E-state index contributed by atoms with van der Waals surface area (Å²) >= 11 is 30.0. The molecule has 4 radical (unpaired) electrons. The Balaban J connectivity index is -0.000000242. The molecule has 5 N–H and O–H groups in total. The number of rotatable bonds is 28. The summed E-state index contributed by atoms with van der Waals surface area (Å²) in [5.74, 6) is -4.20. The van der Waals surface area contributed by atoms with E-state index in [1.165, 1.54) is 63.0 Å². The van der Waals surface area contributed by atoms with E-state index < -0.39 is 59.5 Å². The minimum absolute atomic E-state index is 0. The van der Waals surface area contributed by atoms with Crippen LogP contribution in [0.3, 0.4) is 0 Å². The van der Waals surface area contributed by atoms with Crippen LogP contribution >= 0.6 is 152 Å². The van der Waals surface area contributed by atoms with Crippen LogP contribution in [0.25, 0.3) is 0 Å². The summed E-state index contributed by atoms with van der Waals surface area (Å²) in [5, 5.41) is 35.6. The topological polar surface area (TPSA) is 557 Å². The number of hydrogen-bond acceptors (Lipinski definition) is 43. The molecule has 147 heavy (non-hydrogen) atoms. The predicted octanol–water partition coefficient (Wildman–Crippen LogP) is 6.46. The Hall–Kier alpha value is -6.84. The summed E-state index contributed by atoms with van der Waals surface area (Å²) in [4.78, 5) is 196. The molecule has 10 heterocycles. The van der Waals surface area contributed by atoms with Crippen LogP contribution in [0.2, 0.25) is 0 Å². The zero-order chi connectivity index (χ0) is 109. The van der Waals surface area contributed by atoms with E-state index in [4.69, 9.17) is 70.9 Å². The van der Waals surface area contributed by atoms with Gasteiger partial charge in [-0.3, -0.25) is 43.4 Å². The molecule has 0 fully saturated rings. The molecule has 0 spiro atoms. The largest absolute Gasteiger partial charge is 1.00 e. The van der Waals surface area contributed by atoms with Gasteiger partial charge in [0.15, 0.2) is 5.78 Å². The van der Waals surface area contributed by atoms with Crippen molar-refractivity contribution in [2.75, 3.05) is 145 Å². The Kier molecular flexibility index (Phi) is 109. The van der Waals surface area contributed by atoms with Crippen LogP contribution in [0, 0.1) is 11.3 Å². The maximum absolute atomic E-state index is 11.8. The van der Waals surface area contributed by atoms with E-state index in [1.54, 1.807) is 144 Å². The number of carbonyl (C=O) groups excluding carboxylic acids is 15. The van der Waals surface area contributed by atoms with Gasteiger partial charge in [-0.05, 0) is 255 Å². The Morgan fingerprint density at radius 3 is 1.35 bits per heavy atom. The molecule has 3 aliphatic rings. The quantitative estimate of drug-likeness (QED) is 0.00390. The number of nitrogens with one attached hydrogen (secondary N) is 1. The summed E-state index contributed by atoms with van der Waals surface area (Å²) in [6.45, 7) is 29.6. The number of halogens is 4. The van der Waals surface area contributed by atoms with Crippen molar-refractivity contribution in [3.63, 3.8) is 0 Å². The number of esters is 3. The van der Waals surface area contributed by atoms with Crippen molar-refractivity contribution in [2.45, 2.75) is 148 Å². The maximum Gasteiger partial charge on any atom is 1.00 e. The first-order chi connectivity index (χ1) is 68.3. The van der Waals surface area contributed by atoms with E-state index in [-0.39, 0.29) is 170 Å². The van der Waals surface area contributed by atoms with Crippen molar-refractivity contribution >= 4 is 263 Å². The Morgan fingerprint density at radius 2 is 0.952 bits per heavy atom. The zero-order valence-electron chi connectivity index (χ0n) is 85.1. The Morgan fingerprint density at radius 1 is 0.551 bits per heavy atom. The maximum atomic E-state index is 11.8. The van der Waals surface area contributed by atoms with E-state index in [0.29, 0.717) is 78.7 Å². The average Bonchev–Trinajstić information content (AvgIpc) is 1.70. The molecule has 58 heteroatoms. The molecular formula is C89H124B2Br3ClN9Na3O32S8. The number of nitrogens with two attached hydrogens (primary N) is 1. The van der Waals surface area contributed by atoms with Crippen LogP contribution in [0.4, 0.5) is 28.8 Å². The number of nitrogens with zero attached hydrogens (tertiary/aromatic N) is 7. The molecule has 0 aromatic carbocycles. The second-order valence-corrected chi connectivity index (χ2v) is 38.6. The number of nitriles is 1. The van der Waals surface area contributed by atoms with Gasteiger partial charge in [-0.25, -0.2) is 52.9 Å². The first-order valence-corrected chi connectivity index (χ1v) is 52.6. The van der Waals surface area contributed by atoms with Crippen LogP contribution in [-0.2, 0) is 163 Å². The molecule has 7 aromatic heterocycles. The van der Waals surface area contributed by atoms with E-state index in [9.17, 15) is 71.9 Å². The fraction of sp³-hybridized carbons (Fsp3) is 0.494. The number of amides is 5. The van der Waals surface area contributed by atoms with Gasteiger partial charge in [-0.2, -0.15) is 5.26 Å². The van der Waals surface area contributed by atoms with Gasteiger partial charge in [0.1, 0.15) is 13.1 Å². The zero-order valence-corrected chi connectivity index (χ0v) is 103. The Bertz CT molecular complexity index is 4740. The van der Waals surface area contributed by atoms with Gasteiger partial charge in [-0.1, -0.05) is 12.1 Å². The molecule has 0 atom stereocenters. The number of carbonyl (C=O) groups is 16. The number of thiol groups is 1. The molecule has 3 aliphatic heterocycles. The van der Waals surface area contributed by atoms with Crippen LogP contribution in [-0.4, -0.2) is 292 Å². The predicted molar refractivity (Wildman–Crippen MR) is 561 cm³/mol.